The minimum Gasteiger partial charge on any atom is -0.394 e. The zero-order chi connectivity index (χ0) is 37.6. The molecule has 53 heavy (non-hydrogen) atoms. The molecule has 7 aliphatic rings. The maximum atomic E-state index is 13.5. The Morgan fingerprint density at radius 3 is 2.47 bits per heavy atom. The molecule has 0 radical (unpaired) electrons. The summed E-state index contributed by atoms with van der Waals surface area (Å²) >= 11 is 0. The summed E-state index contributed by atoms with van der Waals surface area (Å²) in [5.41, 5.74) is 2.30. The standard InChI is InChI=1S/C41H64O12/c1-21-13-28(47-24(4)23(21)3)7-9-33-22(2)14-30(49-33)11-12-41-19-32(45)39(53-41)36-18-37(52-41)40-34(51-36)10-8-29(50-40)15-26(43)16-31-25(5)48-35(38(31)46-6)17-27(44)20-42/h21,24-25,27-40,42,44-45H,2-3,7-20H2,1,4-6H3/t21-,24-,25+,27+,28+,29-,30+,31+,32-,33+,34+,35-,36-,37-,38-,39+,40+,41-/m1/s1. The number of methoxy groups -OCH3 is 1. The van der Waals surface area contributed by atoms with Gasteiger partial charge in [0, 0.05) is 51.6 Å². The number of hydrogen-bond acceptors (Lipinski definition) is 12. The molecule has 7 saturated heterocycles. The molecule has 12 nitrogen and oxygen atoms in total. The molecule has 300 valence electrons. The van der Waals surface area contributed by atoms with Crippen LogP contribution in [0.4, 0.5) is 0 Å². The molecular formula is C41H64O12. The van der Waals surface area contributed by atoms with E-state index in [1.54, 1.807) is 7.11 Å². The van der Waals surface area contributed by atoms with Gasteiger partial charge >= 0.3 is 0 Å². The van der Waals surface area contributed by atoms with Crippen LogP contribution in [-0.4, -0.2) is 132 Å². The Morgan fingerprint density at radius 1 is 0.906 bits per heavy atom. The van der Waals surface area contributed by atoms with Crippen molar-refractivity contribution < 1.29 is 58.0 Å². The summed E-state index contributed by atoms with van der Waals surface area (Å²) in [6.45, 7) is 14.5. The number of Topliss-reactive ketones (excluding diaryl/α,β-unsaturated/α-hetero) is 1. The molecule has 7 aliphatic heterocycles. The number of fused-ring (bicyclic) bond motifs is 7. The van der Waals surface area contributed by atoms with Crippen LogP contribution in [0.15, 0.2) is 24.3 Å². The van der Waals surface area contributed by atoms with E-state index in [0.717, 1.165) is 44.1 Å². The maximum Gasteiger partial charge on any atom is 0.172 e. The molecule has 0 aromatic carbocycles. The molecule has 7 fully saturated rings. The average molecular weight is 749 g/mol. The van der Waals surface area contributed by atoms with Crippen LogP contribution in [0.2, 0.25) is 0 Å². The number of aliphatic hydroxyl groups is 3. The third-order valence-corrected chi connectivity index (χ3v) is 13.4. The van der Waals surface area contributed by atoms with E-state index < -0.39 is 24.1 Å². The van der Waals surface area contributed by atoms with Gasteiger partial charge in [-0.1, -0.05) is 20.1 Å². The van der Waals surface area contributed by atoms with Gasteiger partial charge < -0.3 is 53.2 Å². The van der Waals surface area contributed by atoms with Crippen LogP contribution < -0.4 is 0 Å². The second-order valence-corrected chi connectivity index (χ2v) is 17.3. The van der Waals surface area contributed by atoms with Gasteiger partial charge in [0.1, 0.15) is 18.0 Å². The molecule has 0 spiro atoms. The summed E-state index contributed by atoms with van der Waals surface area (Å²) in [6, 6.07) is 0. The lowest BCUT2D eigenvalue weighted by atomic mass is 9.85. The van der Waals surface area contributed by atoms with Crippen LogP contribution in [0.3, 0.4) is 0 Å². The Hall–Kier alpha value is -1.29. The molecule has 3 N–H and O–H groups in total. The van der Waals surface area contributed by atoms with Crippen molar-refractivity contribution in [1.82, 2.24) is 0 Å². The number of hydrogen-bond donors (Lipinski definition) is 3. The van der Waals surface area contributed by atoms with E-state index in [-0.39, 0.29) is 111 Å². The van der Waals surface area contributed by atoms with Gasteiger partial charge in [0.25, 0.3) is 0 Å². The highest BCUT2D eigenvalue weighted by molar-refractivity contribution is 5.79. The number of rotatable bonds is 14. The third kappa shape index (κ3) is 8.68. The molecule has 18 atom stereocenters. The smallest absolute Gasteiger partial charge is 0.172 e. The van der Waals surface area contributed by atoms with Crippen molar-refractivity contribution in [2.75, 3.05) is 13.7 Å². The van der Waals surface area contributed by atoms with Crippen LogP contribution in [0.5, 0.6) is 0 Å². The van der Waals surface area contributed by atoms with Crippen molar-refractivity contribution in [2.24, 2.45) is 11.8 Å². The maximum absolute atomic E-state index is 13.5. The summed E-state index contributed by atoms with van der Waals surface area (Å²) < 4.78 is 51.2. The predicted molar refractivity (Wildman–Crippen MR) is 193 cm³/mol. The first-order valence-electron chi connectivity index (χ1n) is 20.4. The minimum absolute atomic E-state index is 0.00348. The van der Waals surface area contributed by atoms with E-state index in [1.807, 2.05) is 6.92 Å². The third-order valence-electron chi connectivity index (χ3n) is 13.4. The highest BCUT2D eigenvalue weighted by atomic mass is 16.7. The van der Waals surface area contributed by atoms with Crippen molar-refractivity contribution in [3.8, 4) is 0 Å². The first-order chi connectivity index (χ1) is 25.3. The van der Waals surface area contributed by atoms with Crippen LogP contribution in [0, 0.1) is 11.8 Å². The Labute approximate surface area is 314 Å². The van der Waals surface area contributed by atoms with Gasteiger partial charge in [0.2, 0.25) is 0 Å². The molecule has 12 heteroatoms. The fourth-order valence-electron chi connectivity index (χ4n) is 10.5. The van der Waals surface area contributed by atoms with Gasteiger partial charge in [-0.25, -0.2) is 0 Å². The molecule has 4 bridgehead atoms. The lowest BCUT2D eigenvalue weighted by Gasteiger charge is -2.47. The summed E-state index contributed by atoms with van der Waals surface area (Å²) in [5.74, 6) is -0.579. The molecule has 0 aromatic rings. The Bertz CT molecular complexity index is 1300. The normalized spacial score (nSPS) is 47.4. The fourth-order valence-corrected chi connectivity index (χ4v) is 10.5. The summed E-state index contributed by atoms with van der Waals surface area (Å²) in [5, 5.41) is 30.5. The first kappa shape index (κ1) is 39.9. The summed E-state index contributed by atoms with van der Waals surface area (Å²) in [7, 11) is 1.60. The fraction of sp³-hybridized carbons (Fsp3) is 0.878. The Morgan fingerprint density at radius 2 is 1.72 bits per heavy atom. The largest absolute Gasteiger partial charge is 0.394 e. The average Bonchev–Trinajstić information content (AvgIpc) is 3.72. The summed E-state index contributed by atoms with van der Waals surface area (Å²) in [6.07, 6.45) is 3.99. The topological polar surface area (TPSA) is 152 Å². The molecule has 7 heterocycles. The number of carbonyl (C=O) groups excluding carboxylic acids is 1. The monoisotopic (exact) mass is 748 g/mol. The highest BCUT2D eigenvalue weighted by Crippen LogP contribution is 2.49. The van der Waals surface area contributed by atoms with Crippen molar-refractivity contribution in [3.63, 3.8) is 0 Å². The van der Waals surface area contributed by atoms with Gasteiger partial charge in [0.05, 0.1) is 86.0 Å². The van der Waals surface area contributed by atoms with Gasteiger partial charge in [0.15, 0.2) is 5.79 Å². The molecule has 0 saturated carbocycles. The number of carbonyl (C=O) groups is 1. The Balaban J connectivity index is 0.924. The van der Waals surface area contributed by atoms with E-state index in [9.17, 15) is 20.1 Å². The molecule has 7 rings (SSSR count). The van der Waals surface area contributed by atoms with E-state index in [1.165, 1.54) is 5.57 Å². The molecule has 0 aromatic heterocycles. The van der Waals surface area contributed by atoms with E-state index in [0.29, 0.717) is 31.6 Å². The van der Waals surface area contributed by atoms with E-state index in [4.69, 9.17) is 37.9 Å². The predicted octanol–water partition coefficient (Wildman–Crippen LogP) is 4.09. The first-order valence-corrected chi connectivity index (χ1v) is 20.4. The Kier molecular flexibility index (Phi) is 12.6. The second kappa shape index (κ2) is 16.7. The lowest BCUT2D eigenvalue weighted by Crippen LogP contribution is -2.58. The molecular weight excluding hydrogens is 684 g/mol. The number of ether oxygens (including phenoxy) is 8. The van der Waals surface area contributed by atoms with E-state index >= 15 is 0 Å². The zero-order valence-electron chi connectivity index (χ0n) is 32.1. The van der Waals surface area contributed by atoms with E-state index in [2.05, 4.69) is 27.0 Å². The lowest BCUT2D eigenvalue weighted by molar-refractivity contribution is -0.277. The number of ketones is 1. The molecule has 0 amide bonds. The van der Waals surface area contributed by atoms with Crippen LogP contribution in [0.1, 0.15) is 104 Å². The van der Waals surface area contributed by atoms with Gasteiger partial charge in [-0.2, -0.15) is 0 Å². The van der Waals surface area contributed by atoms with Crippen molar-refractivity contribution in [2.45, 2.75) is 202 Å². The molecule has 0 unspecified atom stereocenters. The van der Waals surface area contributed by atoms with Crippen molar-refractivity contribution in [3.05, 3.63) is 24.3 Å². The number of aliphatic hydroxyl groups excluding tert-OH is 3. The zero-order valence-corrected chi connectivity index (χ0v) is 32.1. The van der Waals surface area contributed by atoms with Crippen molar-refractivity contribution >= 4 is 5.78 Å². The minimum atomic E-state index is -0.963. The van der Waals surface area contributed by atoms with Crippen LogP contribution in [-0.2, 0) is 42.7 Å². The van der Waals surface area contributed by atoms with Gasteiger partial charge in [-0.15, -0.1) is 0 Å². The van der Waals surface area contributed by atoms with Crippen LogP contribution >= 0.6 is 0 Å². The van der Waals surface area contributed by atoms with Gasteiger partial charge in [-0.05, 0) is 75.9 Å². The van der Waals surface area contributed by atoms with Crippen LogP contribution in [0.25, 0.3) is 0 Å². The quantitative estimate of drug-likeness (QED) is 0.220. The SMILES string of the molecule is C=C1C[C@H](CC[C@]23C[C@@H](O)[C@H](O2)[C@H]2C[C@@H](O3)[C@H]3O[C@@H](CC(=O)C[C@@H]4[C@@H](OC)[C@@H](C[C@H](O)CO)O[C@H]4C)CC[C@@H]3O2)O[C@H]1CC[C@H]1C[C@@H](C)C(=C)[C@@H](C)O1. The highest BCUT2D eigenvalue weighted by Gasteiger charge is 2.59. The second-order valence-electron chi connectivity index (χ2n) is 17.3. The summed E-state index contributed by atoms with van der Waals surface area (Å²) in [4.78, 5) is 13.5. The van der Waals surface area contributed by atoms with Crippen molar-refractivity contribution in [1.29, 1.82) is 0 Å². The van der Waals surface area contributed by atoms with Gasteiger partial charge in [-0.3, -0.25) is 4.79 Å². The molecule has 0 aliphatic carbocycles.